The topological polar surface area (TPSA) is 95.9 Å². The minimum absolute atomic E-state index is 0.0426. The van der Waals surface area contributed by atoms with E-state index in [1.54, 1.807) is 6.26 Å². The standard InChI is InChI=1S/C27H27N5O3/c1-19-9-11-20(12-10-19)27-22(18-31(30-27)21-6-3-2-4-7-21)24-16-23(25-8-5-15-35-25)29-32(24)26(34)17-28-13-14-33/h2-12,15,18,24,28,33H,13-14,16-17H2,1H3. The zero-order chi connectivity index (χ0) is 24.2. The van der Waals surface area contributed by atoms with Crippen LogP contribution in [-0.2, 0) is 4.79 Å². The van der Waals surface area contributed by atoms with Crippen molar-refractivity contribution in [2.75, 3.05) is 19.7 Å². The number of hydrogen-bond acceptors (Lipinski definition) is 6. The summed E-state index contributed by atoms with van der Waals surface area (Å²) in [6.07, 6.45) is 4.08. The summed E-state index contributed by atoms with van der Waals surface area (Å²) in [5.41, 5.74) is 5.47. The minimum Gasteiger partial charge on any atom is -0.463 e. The fourth-order valence-corrected chi connectivity index (χ4v) is 4.21. The molecular formula is C27H27N5O3. The maximum absolute atomic E-state index is 13.2. The van der Waals surface area contributed by atoms with E-state index in [1.807, 2.05) is 60.3 Å². The molecule has 1 atom stereocenters. The number of nitrogens with zero attached hydrogens (tertiary/aromatic N) is 4. The van der Waals surface area contributed by atoms with Gasteiger partial charge >= 0.3 is 0 Å². The third-order valence-corrected chi connectivity index (χ3v) is 5.98. The van der Waals surface area contributed by atoms with Gasteiger partial charge in [-0.3, -0.25) is 4.79 Å². The smallest absolute Gasteiger partial charge is 0.257 e. The van der Waals surface area contributed by atoms with Gasteiger partial charge < -0.3 is 14.8 Å². The Morgan fingerprint density at radius 1 is 1.11 bits per heavy atom. The van der Waals surface area contributed by atoms with Crippen molar-refractivity contribution < 1.29 is 14.3 Å². The van der Waals surface area contributed by atoms with Gasteiger partial charge in [-0.25, -0.2) is 9.69 Å². The van der Waals surface area contributed by atoms with Gasteiger partial charge in [-0.05, 0) is 31.2 Å². The number of aromatic nitrogens is 2. The number of furan rings is 1. The lowest BCUT2D eigenvalue weighted by Gasteiger charge is -2.22. The Bertz CT molecular complexity index is 1310. The van der Waals surface area contributed by atoms with Gasteiger partial charge in [-0.1, -0.05) is 48.0 Å². The van der Waals surface area contributed by atoms with Crippen LogP contribution in [0.5, 0.6) is 0 Å². The van der Waals surface area contributed by atoms with Crippen LogP contribution in [-0.4, -0.2) is 51.2 Å². The van der Waals surface area contributed by atoms with Gasteiger partial charge in [-0.15, -0.1) is 0 Å². The van der Waals surface area contributed by atoms with Crippen LogP contribution >= 0.6 is 0 Å². The van der Waals surface area contributed by atoms with Gasteiger partial charge in [0, 0.05) is 30.3 Å². The fraction of sp³-hybridized carbons (Fsp3) is 0.222. The van der Waals surface area contributed by atoms with Crippen LogP contribution in [0, 0.1) is 6.92 Å². The van der Waals surface area contributed by atoms with Crippen molar-refractivity contribution in [3.8, 4) is 16.9 Å². The van der Waals surface area contributed by atoms with E-state index in [9.17, 15) is 4.79 Å². The molecule has 0 radical (unpaired) electrons. The fourth-order valence-electron chi connectivity index (χ4n) is 4.21. The summed E-state index contributed by atoms with van der Waals surface area (Å²) >= 11 is 0. The molecule has 178 valence electrons. The van der Waals surface area contributed by atoms with E-state index < -0.39 is 0 Å². The average molecular weight is 470 g/mol. The number of carbonyl (C=O) groups is 1. The first-order valence-corrected chi connectivity index (χ1v) is 11.6. The lowest BCUT2D eigenvalue weighted by Crippen LogP contribution is -2.36. The molecule has 1 unspecified atom stereocenters. The summed E-state index contributed by atoms with van der Waals surface area (Å²) < 4.78 is 7.44. The zero-order valence-corrected chi connectivity index (χ0v) is 19.5. The van der Waals surface area contributed by atoms with E-state index in [2.05, 4.69) is 34.7 Å². The lowest BCUT2D eigenvalue weighted by molar-refractivity contribution is -0.132. The highest BCUT2D eigenvalue weighted by Crippen LogP contribution is 2.38. The van der Waals surface area contributed by atoms with Crippen LogP contribution in [0.25, 0.3) is 16.9 Å². The van der Waals surface area contributed by atoms with Crippen molar-refractivity contribution in [3.05, 3.63) is 96.1 Å². The predicted octanol–water partition coefficient (Wildman–Crippen LogP) is 3.70. The Balaban J connectivity index is 1.58. The summed E-state index contributed by atoms with van der Waals surface area (Å²) in [4.78, 5) is 13.2. The molecule has 0 saturated carbocycles. The number of benzene rings is 2. The molecule has 3 heterocycles. The van der Waals surface area contributed by atoms with Crippen LogP contribution in [0.15, 0.2) is 88.7 Å². The van der Waals surface area contributed by atoms with E-state index in [-0.39, 0.29) is 25.1 Å². The second-order valence-corrected chi connectivity index (χ2v) is 8.46. The largest absolute Gasteiger partial charge is 0.463 e. The number of hydrogen-bond donors (Lipinski definition) is 2. The normalized spacial score (nSPS) is 15.4. The summed E-state index contributed by atoms with van der Waals surface area (Å²) in [6, 6.07) is 21.4. The van der Waals surface area contributed by atoms with E-state index >= 15 is 0 Å². The maximum atomic E-state index is 13.2. The highest BCUT2D eigenvalue weighted by Gasteiger charge is 2.36. The van der Waals surface area contributed by atoms with Crippen molar-refractivity contribution in [2.24, 2.45) is 5.10 Å². The summed E-state index contributed by atoms with van der Waals surface area (Å²) in [7, 11) is 0. The van der Waals surface area contributed by atoms with E-state index in [4.69, 9.17) is 14.6 Å². The Hall–Kier alpha value is -4.01. The summed E-state index contributed by atoms with van der Waals surface area (Å²) in [6.45, 7) is 2.41. The zero-order valence-electron chi connectivity index (χ0n) is 19.5. The Morgan fingerprint density at radius 3 is 2.63 bits per heavy atom. The molecule has 1 aliphatic rings. The van der Waals surface area contributed by atoms with E-state index in [0.717, 1.165) is 28.1 Å². The van der Waals surface area contributed by atoms with Crippen molar-refractivity contribution in [1.29, 1.82) is 0 Å². The number of aliphatic hydroxyl groups is 1. The van der Waals surface area contributed by atoms with Crippen LogP contribution in [0.1, 0.15) is 29.3 Å². The van der Waals surface area contributed by atoms with Gasteiger partial charge in [0.05, 0.1) is 36.8 Å². The van der Waals surface area contributed by atoms with Gasteiger partial charge in [0.2, 0.25) is 0 Å². The molecule has 4 aromatic rings. The molecule has 1 amide bonds. The monoisotopic (exact) mass is 469 g/mol. The number of nitrogens with one attached hydrogen (secondary N) is 1. The van der Waals surface area contributed by atoms with E-state index in [1.165, 1.54) is 5.01 Å². The van der Waals surface area contributed by atoms with Crippen molar-refractivity contribution in [1.82, 2.24) is 20.1 Å². The third kappa shape index (κ3) is 4.80. The van der Waals surface area contributed by atoms with Crippen LogP contribution < -0.4 is 5.32 Å². The number of aryl methyl sites for hydroxylation is 1. The Morgan fingerprint density at radius 2 is 1.91 bits per heavy atom. The molecule has 0 fully saturated rings. The molecule has 0 spiro atoms. The van der Waals surface area contributed by atoms with Crippen molar-refractivity contribution in [3.63, 3.8) is 0 Å². The van der Waals surface area contributed by atoms with E-state index in [0.29, 0.717) is 24.4 Å². The number of rotatable bonds is 8. The maximum Gasteiger partial charge on any atom is 0.257 e. The lowest BCUT2D eigenvalue weighted by atomic mass is 9.97. The number of aliphatic hydroxyl groups excluding tert-OH is 1. The Labute approximate surface area is 203 Å². The molecule has 8 heteroatoms. The highest BCUT2D eigenvalue weighted by atomic mass is 16.3. The van der Waals surface area contributed by atoms with Crippen LogP contribution in [0.2, 0.25) is 0 Å². The average Bonchev–Trinajstić information content (AvgIpc) is 3.64. The van der Waals surface area contributed by atoms with Gasteiger partial charge in [0.25, 0.3) is 5.91 Å². The van der Waals surface area contributed by atoms with Gasteiger partial charge in [-0.2, -0.15) is 10.2 Å². The van der Waals surface area contributed by atoms with Crippen molar-refractivity contribution in [2.45, 2.75) is 19.4 Å². The van der Waals surface area contributed by atoms with Crippen LogP contribution in [0.3, 0.4) is 0 Å². The number of hydrazone groups is 1. The van der Waals surface area contributed by atoms with Crippen molar-refractivity contribution >= 4 is 11.6 Å². The molecule has 35 heavy (non-hydrogen) atoms. The quantitative estimate of drug-likeness (QED) is 0.384. The highest BCUT2D eigenvalue weighted by molar-refractivity contribution is 6.01. The number of carbonyl (C=O) groups excluding carboxylic acids is 1. The number of amides is 1. The summed E-state index contributed by atoms with van der Waals surface area (Å²) in [5, 5.41) is 23.2. The molecule has 1 aliphatic heterocycles. The third-order valence-electron chi connectivity index (χ3n) is 5.98. The molecule has 0 bridgehead atoms. The first kappa shape index (κ1) is 22.8. The first-order chi connectivity index (χ1) is 17.1. The first-order valence-electron chi connectivity index (χ1n) is 11.6. The SMILES string of the molecule is Cc1ccc(-c2nn(-c3ccccc3)cc2C2CC(c3ccco3)=NN2C(=O)CNCCO)cc1. The molecule has 0 saturated heterocycles. The molecular weight excluding hydrogens is 442 g/mol. The summed E-state index contributed by atoms with van der Waals surface area (Å²) in [5.74, 6) is 0.452. The minimum atomic E-state index is -0.354. The van der Waals surface area contributed by atoms with Gasteiger partial charge in [0.15, 0.2) is 0 Å². The second kappa shape index (κ2) is 10.1. The molecule has 0 aliphatic carbocycles. The molecule has 8 nitrogen and oxygen atoms in total. The predicted molar refractivity (Wildman–Crippen MR) is 133 cm³/mol. The molecule has 5 rings (SSSR count). The molecule has 2 aromatic carbocycles. The Kier molecular flexibility index (Phi) is 6.56. The second-order valence-electron chi connectivity index (χ2n) is 8.46. The molecule has 2 aromatic heterocycles. The van der Waals surface area contributed by atoms with Crippen LogP contribution in [0.4, 0.5) is 0 Å². The van der Waals surface area contributed by atoms with Gasteiger partial charge in [0.1, 0.15) is 11.5 Å². The number of para-hydroxylation sites is 1. The molecule has 2 N–H and O–H groups in total.